The van der Waals surface area contributed by atoms with E-state index in [2.05, 4.69) is 5.32 Å². The molecule has 7 heteroatoms. The van der Waals surface area contributed by atoms with E-state index in [-0.39, 0.29) is 16.6 Å². The molecule has 1 N–H and O–H groups in total. The molecule has 3 aromatic carbocycles. The second kappa shape index (κ2) is 8.38. The smallest absolute Gasteiger partial charge is 0.255 e. The fourth-order valence-corrected chi connectivity index (χ4v) is 4.99. The lowest BCUT2D eigenvalue weighted by molar-refractivity contribution is 0.102. The molecule has 154 valence electrons. The first-order valence-electron chi connectivity index (χ1n) is 9.71. The Balaban J connectivity index is 1.53. The van der Waals surface area contributed by atoms with Gasteiger partial charge in [0, 0.05) is 24.3 Å². The first-order chi connectivity index (χ1) is 14.4. The van der Waals surface area contributed by atoms with E-state index in [1.54, 1.807) is 42.5 Å². The SMILES string of the molecule is O=C(Nc1ccc(F)cc1)c1cccc(-c2ccc(S(=O)(=O)N3CCCC3)cc2)c1. The average molecular weight is 424 g/mol. The number of rotatable bonds is 5. The maximum atomic E-state index is 13.0. The number of carbonyl (C=O) groups is 1. The summed E-state index contributed by atoms with van der Waals surface area (Å²) in [7, 11) is -3.45. The van der Waals surface area contributed by atoms with Crippen molar-refractivity contribution >= 4 is 21.6 Å². The van der Waals surface area contributed by atoms with Gasteiger partial charge in [0.15, 0.2) is 0 Å². The number of amides is 1. The van der Waals surface area contributed by atoms with E-state index >= 15 is 0 Å². The third-order valence-corrected chi connectivity index (χ3v) is 7.03. The average Bonchev–Trinajstić information content (AvgIpc) is 3.31. The lowest BCUT2D eigenvalue weighted by Crippen LogP contribution is -2.27. The van der Waals surface area contributed by atoms with E-state index in [9.17, 15) is 17.6 Å². The highest BCUT2D eigenvalue weighted by atomic mass is 32.2. The molecular formula is C23H21FN2O3S. The van der Waals surface area contributed by atoms with Gasteiger partial charge in [-0.15, -0.1) is 0 Å². The predicted molar refractivity (Wildman–Crippen MR) is 114 cm³/mol. The van der Waals surface area contributed by atoms with Gasteiger partial charge >= 0.3 is 0 Å². The van der Waals surface area contributed by atoms with E-state index in [0.717, 1.165) is 24.0 Å². The Bertz CT molecular complexity index is 1150. The number of carbonyl (C=O) groups excluding carboxylic acids is 1. The van der Waals surface area contributed by atoms with Gasteiger partial charge in [0.25, 0.3) is 5.91 Å². The summed E-state index contributed by atoms with van der Waals surface area (Å²) >= 11 is 0. The van der Waals surface area contributed by atoms with Crippen LogP contribution >= 0.6 is 0 Å². The number of hydrogen-bond donors (Lipinski definition) is 1. The molecular weight excluding hydrogens is 403 g/mol. The maximum Gasteiger partial charge on any atom is 0.255 e. The topological polar surface area (TPSA) is 66.5 Å². The molecule has 0 aromatic heterocycles. The van der Waals surface area contributed by atoms with Crippen LogP contribution in [-0.2, 0) is 10.0 Å². The highest BCUT2D eigenvalue weighted by molar-refractivity contribution is 7.89. The van der Waals surface area contributed by atoms with E-state index in [1.165, 1.54) is 28.6 Å². The number of halogens is 1. The van der Waals surface area contributed by atoms with Crippen LogP contribution in [0.3, 0.4) is 0 Å². The molecule has 3 aromatic rings. The van der Waals surface area contributed by atoms with Gasteiger partial charge in [-0.2, -0.15) is 4.31 Å². The zero-order chi connectivity index (χ0) is 21.1. The Morgan fingerprint density at radius 3 is 2.20 bits per heavy atom. The van der Waals surface area contributed by atoms with Crippen LogP contribution < -0.4 is 5.32 Å². The second-order valence-electron chi connectivity index (χ2n) is 7.18. The van der Waals surface area contributed by atoms with Crippen molar-refractivity contribution in [1.82, 2.24) is 4.31 Å². The van der Waals surface area contributed by atoms with Gasteiger partial charge in [-0.1, -0.05) is 24.3 Å². The Hall–Kier alpha value is -3.03. The normalized spacial score (nSPS) is 14.6. The number of nitrogens with one attached hydrogen (secondary N) is 1. The molecule has 1 fully saturated rings. The van der Waals surface area contributed by atoms with Crippen molar-refractivity contribution in [1.29, 1.82) is 0 Å². The summed E-state index contributed by atoms with van der Waals surface area (Å²) in [5.41, 5.74) is 2.56. The van der Waals surface area contributed by atoms with Crippen molar-refractivity contribution in [2.75, 3.05) is 18.4 Å². The number of sulfonamides is 1. The van der Waals surface area contributed by atoms with Crippen LogP contribution in [0.1, 0.15) is 23.2 Å². The Kier molecular flexibility index (Phi) is 5.65. The van der Waals surface area contributed by atoms with Gasteiger partial charge < -0.3 is 5.32 Å². The molecule has 4 rings (SSSR count). The number of anilines is 1. The van der Waals surface area contributed by atoms with Crippen LogP contribution in [0.25, 0.3) is 11.1 Å². The standard InChI is InChI=1S/C23H21FN2O3S/c24-20-8-10-21(11-9-20)25-23(27)19-5-3-4-18(16-19)17-6-12-22(13-7-17)30(28,29)26-14-1-2-15-26/h3-13,16H,1-2,14-15H2,(H,25,27). The van der Waals surface area contributed by atoms with Gasteiger partial charge in [-0.05, 0) is 72.5 Å². The van der Waals surface area contributed by atoms with E-state index < -0.39 is 10.0 Å². The molecule has 1 aliphatic heterocycles. The summed E-state index contributed by atoms with van der Waals surface area (Å²) in [5.74, 6) is -0.679. The number of benzene rings is 3. The van der Waals surface area contributed by atoms with Crippen molar-refractivity contribution in [3.8, 4) is 11.1 Å². The minimum atomic E-state index is -3.45. The maximum absolute atomic E-state index is 13.0. The molecule has 1 saturated heterocycles. The van der Waals surface area contributed by atoms with Crippen LogP contribution in [0, 0.1) is 5.82 Å². The Morgan fingerprint density at radius 1 is 0.867 bits per heavy atom. The molecule has 0 atom stereocenters. The zero-order valence-corrected chi connectivity index (χ0v) is 17.0. The van der Waals surface area contributed by atoms with Crippen molar-refractivity contribution in [3.63, 3.8) is 0 Å². The molecule has 30 heavy (non-hydrogen) atoms. The van der Waals surface area contributed by atoms with Gasteiger partial charge in [-0.25, -0.2) is 12.8 Å². The monoisotopic (exact) mass is 424 g/mol. The van der Waals surface area contributed by atoms with Crippen molar-refractivity contribution in [2.45, 2.75) is 17.7 Å². The minimum absolute atomic E-state index is 0.276. The summed E-state index contributed by atoms with van der Waals surface area (Å²) in [6, 6.07) is 19.3. The minimum Gasteiger partial charge on any atom is -0.322 e. The number of nitrogens with zero attached hydrogens (tertiary/aromatic N) is 1. The summed E-state index contributed by atoms with van der Waals surface area (Å²) in [6.45, 7) is 1.13. The lowest BCUT2D eigenvalue weighted by atomic mass is 10.0. The van der Waals surface area contributed by atoms with Crippen LogP contribution in [0.5, 0.6) is 0 Å². The lowest BCUT2D eigenvalue weighted by Gasteiger charge is -2.15. The van der Waals surface area contributed by atoms with Crippen LogP contribution in [0.15, 0.2) is 77.7 Å². The van der Waals surface area contributed by atoms with Crippen molar-refractivity contribution < 1.29 is 17.6 Å². The molecule has 5 nitrogen and oxygen atoms in total. The Morgan fingerprint density at radius 2 is 1.53 bits per heavy atom. The third-order valence-electron chi connectivity index (χ3n) is 5.12. The quantitative estimate of drug-likeness (QED) is 0.654. The second-order valence-corrected chi connectivity index (χ2v) is 9.12. The van der Waals surface area contributed by atoms with Gasteiger partial charge in [0.2, 0.25) is 10.0 Å². The molecule has 0 saturated carbocycles. The van der Waals surface area contributed by atoms with Crippen molar-refractivity contribution in [3.05, 3.63) is 84.2 Å². The molecule has 0 unspecified atom stereocenters. The van der Waals surface area contributed by atoms with Crippen LogP contribution in [0.2, 0.25) is 0 Å². The molecule has 0 spiro atoms. The molecule has 1 heterocycles. The zero-order valence-electron chi connectivity index (χ0n) is 16.2. The van der Waals surface area contributed by atoms with Crippen molar-refractivity contribution in [2.24, 2.45) is 0 Å². The molecule has 1 aliphatic rings. The molecule has 1 amide bonds. The molecule has 0 bridgehead atoms. The highest BCUT2D eigenvalue weighted by Gasteiger charge is 2.26. The molecule has 0 aliphatic carbocycles. The predicted octanol–water partition coefficient (Wildman–Crippen LogP) is 4.53. The fraction of sp³-hybridized carbons (Fsp3) is 0.174. The first-order valence-corrected chi connectivity index (χ1v) is 11.1. The van der Waals surface area contributed by atoms with Gasteiger partial charge in [0.1, 0.15) is 5.82 Å². The summed E-state index contributed by atoms with van der Waals surface area (Å²) < 4.78 is 39.9. The van der Waals surface area contributed by atoms with Gasteiger partial charge in [0.05, 0.1) is 4.90 Å². The van der Waals surface area contributed by atoms with E-state index in [4.69, 9.17) is 0 Å². The highest BCUT2D eigenvalue weighted by Crippen LogP contribution is 2.26. The summed E-state index contributed by atoms with van der Waals surface area (Å²) in [6.07, 6.45) is 1.79. The largest absolute Gasteiger partial charge is 0.322 e. The molecule has 0 radical (unpaired) electrons. The van der Waals surface area contributed by atoms with Gasteiger partial charge in [-0.3, -0.25) is 4.79 Å². The fourth-order valence-electron chi connectivity index (χ4n) is 3.47. The first kappa shape index (κ1) is 20.3. The summed E-state index contributed by atoms with van der Waals surface area (Å²) in [5, 5.41) is 2.73. The van der Waals surface area contributed by atoms with E-state index in [1.807, 2.05) is 6.07 Å². The summed E-state index contributed by atoms with van der Waals surface area (Å²) in [4.78, 5) is 12.8. The Labute approximate surface area is 175 Å². The van der Waals surface area contributed by atoms with E-state index in [0.29, 0.717) is 24.3 Å². The number of hydrogen-bond acceptors (Lipinski definition) is 3. The van der Waals surface area contributed by atoms with Crippen LogP contribution in [0.4, 0.5) is 10.1 Å². The van der Waals surface area contributed by atoms with Crippen LogP contribution in [-0.4, -0.2) is 31.7 Å². The third kappa shape index (κ3) is 4.27.